The van der Waals surface area contributed by atoms with Crippen LogP contribution in [0.1, 0.15) is 37.7 Å². The Kier molecular flexibility index (Phi) is 10.1. The molecule has 0 aromatic heterocycles. The lowest BCUT2D eigenvalue weighted by molar-refractivity contribution is -0.146. The fourth-order valence-corrected chi connectivity index (χ4v) is 6.54. The number of primary sulfonamides is 1. The summed E-state index contributed by atoms with van der Waals surface area (Å²) >= 11 is 12.0. The smallest absolute Gasteiger partial charge is 0.239 e. The van der Waals surface area contributed by atoms with E-state index in [4.69, 9.17) is 28.3 Å². The molecule has 0 radical (unpaired) electrons. The van der Waals surface area contributed by atoms with Crippen LogP contribution in [0.25, 0.3) is 0 Å². The lowest BCUT2D eigenvalue weighted by Gasteiger charge is -2.47. The van der Waals surface area contributed by atoms with Crippen LogP contribution >= 0.6 is 23.2 Å². The number of halogens is 2. The molecular formula is C25H36Cl2N6O5S. The van der Waals surface area contributed by atoms with Crippen LogP contribution in [0.2, 0.25) is 10.0 Å². The first kappa shape index (κ1) is 30.0. The normalized spacial score (nSPS) is 24.4. The maximum Gasteiger partial charge on any atom is 0.239 e. The maximum absolute atomic E-state index is 13.3. The summed E-state index contributed by atoms with van der Waals surface area (Å²) in [6, 6.07) is 5.51. The van der Waals surface area contributed by atoms with E-state index in [-0.39, 0.29) is 60.9 Å². The number of sulfonamides is 1. The van der Waals surface area contributed by atoms with Gasteiger partial charge >= 0.3 is 0 Å². The van der Waals surface area contributed by atoms with E-state index in [0.717, 1.165) is 18.4 Å². The lowest BCUT2D eigenvalue weighted by Crippen LogP contribution is -2.62. The molecule has 2 aliphatic heterocycles. The first-order chi connectivity index (χ1) is 18.5. The first-order valence-corrected chi connectivity index (χ1v) is 15.7. The van der Waals surface area contributed by atoms with Crippen LogP contribution < -0.4 is 15.8 Å². The minimum atomic E-state index is -3.56. The zero-order valence-corrected chi connectivity index (χ0v) is 24.1. The molecule has 1 aromatic rings. The molecule has 1 aliphatic carbocycles. The van der Waals surface area contributed by atoms with Gasteiger partial charge in [-0.25, -0.2) is 13.6 Å². The van der Waals surface area contributed by atoms with Crippen LogP contribution in [0.3, 0.4) is 0 Å². The van der Waals surface area contributed by atoms with Crippen LogP contribution in [0.4, 0.5) is 0 Å². The summed E-state index contributed by atoms with van der Waals surface area (Å²) in [6.07, 6.45) is 2.95. The molecule has 2 saturated heterocycles. The third-order valence-electron chi connectivity index (χ3n) is 7.81. The van der Waals surface area contributed by atoms with Crippen LogP contribution in [0, 0.1) is 5.92 Å². The van der Waals surface area contributed by atoms with Crippen molar-refractivity contribution in [3.63, 3.8) is 0 Å². The Morgan fingerprint density at radius 2 is 1.85 bits per heavy atom. The predicted octanol–water partition coefficient (Wildman–Crippen LogP) is 0.749. The van der Waals surface area contributed by atoms with Gasteiger partial charge in [0.1, 0.15) is 6.54 Å². The van der Waals surface area contributed by atoms with E-state index in [2.05, 4.69) is 15.5 Å². The molecule has 11 nitrogen and oxygen atoms in total. The number of nitrogens with zero attached hydrogens (tertiary/aromatic N) is 3. The fraction of sp³-hybridized carbons (Fsp3) is 0.640. The van der Waals surface area contributed by atoms with Crippen molar-refractivity contribution in [2.45, 2.75) is 50.7 Å². The van der Waals surface area contributed by atoms with Crippen molar-refractivity contribution < 1.29 is 22.8 Å². The lowest BCUT2D eigenvalue weighted by atomic mass is 9.79. The second kappa shape index (κ2) is 13.1. The second-order valence-corrected chi connectivity index (χ2v) is 13.0. The van der Waals surface area contributed by atoms with Gasteiger partial charge in [0, 0.05) is 51.2 Å². The van der Waals surface area contributed by atoms with E-state index in [1.54, 1.807) is 28.0 Å². The van der Waals surface area contributed by atoms with Gasteiger partial charge in [-0.1, -0.05) is 29.3 Å². The van der Waals surface area contributed by atoms with Crippen molar-refractivity contribution >= 4 is 50.9 Å². The summed E-state index contributed by atoms with van der Waals surface area (Å²) in [4.78, 5) is 44.1. The molecule has 1 aromatic carbocycles. The molecule has 39 heavy (non-hydrogen) atoms. The van der Waals surface area contributed by atoms with Crippen LogP contribution in [0.15, 0.2) is 18.2 Å². The molecule has 3 aliphatic rings. The number of piperazine rings is 1. The van der Waals surface area contributed by atoms with Crippen molar-refractivity contribution in [1.29, 1.82) is 0 Å². The Labute approximate surface area is 239 Å². The monoisotopic (exact) mass is 602 g/mol. The van der Waals surface area contributed by atoms with Gasteiger partial charge in [0.2, 0.25) is 27.7 Å². The molecule has 3 unspecified atom stereocenters. The Bertz CT molecular complexity index is 1180. The van der Waals surface area contributed by atoms with Crippen molar-refractivity contribution in [3.05, 3.63) is 33.8 Å². The molecule has 0 spiro atoms. The second-order valence-electron chi connectivity index (χ2n) is 10.5. The molecule has 3 fully saturated rings. The number of fused-ring (bicyclic) bond motifs is 1. The number of rotatable bonds is 9. The summed E-state index contributed by atoms with van der Waals surface area (Å²) in [5, 5.41) is 12.2. The topological polar surface area (TPSA) is 145 Å². The van der Waals surface area contributed by atoms with E-state index in [0.29, 0.717) is 55.9 Å². The number of hydrogen-bond acceptors (Lipinski definition) is 7. The fourth-order valence-electron chi connectivity index (χ4n) is 5.67. The van der Waals surface area contributed by atoms with E-state index >= 15 is 0 Å². The highest BCUT2D eigenvalue weighted by Gasteiger charge is 2.42. The van der Waals surface area contributed by atoms with Crippen LogP contribution in [-0.4, -0.2) is 98.1 Å². The summed E-state index contributed by atoms with van der Waals surface area (Å²) in [6.45, 7) is 3.20. The van der Waals surface area contributed by atoms with Crippen molar-refractivity contribution in [3.8, 4) is 0 Å². The number of nitrogens with two attached hydrogens (primary N) is 1. The summed E-state index contributed by atoms with van der Waals surface area (Å²) < 4.78 is 22.2. The quantitative estimate of drug-likeness (QED) is 0.378. The van der Waals surface area contributed by atoms with E-state index in [9.17, 15) is 22.8 Å². The number of carbonyl (C=O) groups is 3. The Morgan fingerprint density at radius 3 is 2.54 bits per heavy atom. The molecular weight excluding hydrogens is 567 g/mol. The van der Waals surface area contributed by atoms with Crippen molar-refractivity contribution in [1.82, 2.24) is 25.3 Å². The third-order valence-corrected chi connectivity index (χ3v) is 9.40. The van der Waals surface area contributed by atoms with Gasteiger partial charge in [0.25, 0.3) is 0 Å². The summed E-state index contributed by atoms with van der Waals surface area (Å²) in [7, 11) is -3.56. The molecule has 216 valence electrons. The SMILES string of the molecule is NS(=O)(=O)CCCC(=O)N1CCN(C2CCC3NCN(CC(=O)NCc4ccc(Cl)c(Cl)c4)C(=O)C3C2)CC1. The van der Waals surface area contributed by atoms with Gasteiger partial charge in [0.05, 0.1) is 28.4 Å². The third kappa shape index (κ3) is 8.27. The van der Waals surface area contributed by atoms with Crippen LogP contribution in [0.5, 0.6) is 0 Å². The Morgan fingerprint density at radius 1 is 1.10 bits per heavy atom. The number of nitrogens with one attached hydrogen (secondary N) is 2. The average Bonchev–Trinajstić information content (AvgIpc) is 2.90. The number of carbonyl (C=O) groups excluding carboxylic acids is 3. The van der Waals surface area contributed by atoms with Gasteiger partial charge in [-0.3, -0.25) is 24.6 Å². The minimum Gasteiger partial charge on any atom is -0.350 e. The van der Waals surface area contributed by atoms with Gasteiger partial charge < -0.3 is 15.1 Å². The molecule has 1 saturated carbocycles. The average molecular weight is 604 g/mol. The first-order valence-electron chi connectivity index (χ1n) is 13.3. The Balaban J connectivity index is 1.23. The highest BCUT2D eigenvalue weighted by molar-refractivity contribution is 7.89. The van der Waals surface area contributed by atoms with Gasteiger partial charge in [-0.05, 0) is 43.4 Å². The predicted molar refractivity (Wildman–Crippen MR) is 148 cm³/mol. The molecule has 2 heterocycles. The van der Waals surface area contributed by atoms with Crippen LogP contribution in [-0.2, 0) is 31.0 Å². The molecule has 14 heteroatoms. The van der Waals surface area contributed by atoms with E-state index in [1.807, 2.05) is 0 Å². The largest absolute Gasteiger partial charge is 0.350 e. The highest BCUT2D eigenvalue weighted by Crippen LogP contribution is 2.32. The van der Waals surface area contributed by atoms with Crippen molar-refractivity contribution in [2.24, 2.45) is 11.1 Å². The number of benzene rings is 1. The molecule has 4 N–H and O–H groups in total. The zero-order valence-electron chi connectivity index (χ0n) is 21.8. The number of amides is 3. The maximum atomic E-state index is 13.3. The van der Waals surface area contributed by atoms with E-state index in [1.165, 1.54) is 0 Å². The molecule has 3 atom stereocenters. The molecule has 3 amide bonds. The standard InChI is InChI=1S/C25H36Cl2N6O5S/c26-20-5-3-17(12-21(20)27)14-29-23(34)15-33-16-30-22-6-4-18(13-19(22)25(33)36)31-7-9-32(10-8-31)24(35)2-1-11-39(28,37)38/h3,5,12,18-19,22,30H,1-2,4,6-11,13-16H2,(H,29,34)(H2,28,37,38). The van der Waals surface area contributed by atoms with Gasteiger partial charge in [0.15, 0.2) is 0 Å². The van der Waals surface area contributed by atoms with Gasteiger partial charge in [-0.15, -0.1) is 0 Å². The summed E-state index contributed by atoms with van der Waals surface area (Å²) in [5.74, 6) is -0.690. The molecule has 4 rings (SSSR count). The summed E-state index contributed by atoms with van der Waals surface area (Å²) in [5.41, 5.74) is 0.821. The highest BCUT2D eigenvalue weighted by atomic mass is 35.5. The molecule has 0 bridgehead atoms. The van der Waals surface area contributed by atoms with Gasteiger partial charge in [-0.2, -0.15) is 0 Å². The van der Waals surface area contributed by atoms with Crippen molar-refractivity contribution in [2.75, 3.05) is 45.1 Å². The van der Waals surface area contributed by atoms with E-state index < -0.39 is 10.0 Å². The minimum absolute atomic E-state index is 0.00296. The number of hydrogen-bond donors (Lipinski definition) is 3. The Hall–Kier alpha value is -1.96. The zero-order chi connectivity index (χ0) is 28.2.